The minimum atomic E-state index is -0.0825. The Hall–Kier alpha value is -0.810. The molecule has 106 valence electrons. The van der Waals surface area contributed by atoms with Crippen molar-refractivity contribution in [3.8, 4) is 0 Å². The molecule has 1 saturated heterocycles. The molecule has 0 aliphatic carbocycles. The Bertz CT molecular complexity index is 272. The van der Waals surface area contributed by atoms with Crippen molar-refractivity contribution in [2.75, 3.05) is 19.6 Å². The molecule has 0 spiro atoms. The summed E-state index contributed by atoms with van der Waals surface area (Å²) in [7, 11) is 0. The van der Waals surface area contributed by atoms with Gasteiger partial charge in [0.05, 0.1) is 6.54 Å². The Morgan fingerprint density at radius 2 is 2.17 bits per heavy atom. The third-order valence-electron chi connectivity index (χ3n) is 2.93. The lowest BCUT2D eigenvalue weighted by molar-refractivity contribution is -0.135. The van der Waals surface area contributed by atoms with Gasteiger partial charge in [-0.15, -0.1) is 12.4 Å². The number of nitrogens with two attached hydrogens (primary N) is 1. The first-order chi connectivity index (χ1) is 8.09. The lowest BCUT2D eigenvalue weighted by atomic mass is 10.2. The summed E-state index contributed by atoms with van der Waals surface area (Å²) >= 11 is 0. The molecule has 0 saturated carbocycles. The molecular formula is C12H24ClN3O2. The van der Waals surface area contributed by atoms with Gasteiger partial charge in [0.25, 0.3) is 0 Å². The normalized spacial score (nSPS) is 17.7. The van der Waals surface area contributed by atoms with Crippen LogP contribution in [-0.4, -0.2) is 42.4 Å². The highest BCUT2D eigenvalue weighted by Crippen LogP contribution is 2.10. The number of halogens is 1. The standard InChI is InChI=1S/C12H23N3O2.ClH/c1-10(13)6-7-14-11(16)9-15-8-4-2-3-5-12(15)17;/h10H,2-9,13H2,1H3,(H,14,16);1H. The topological polar surface area (TPSA) is 75.4 Å². The zero-order valence-corrected chi connectivity index (χ0v) is 11.8. The van der Waals surface area contributed by atoms with Crippen LogP contribution in [0.5, 0.6) is 0 Å². The van der Waals surface area contributed by atoms with Crippen molar-refractivity contribution in [1.29, 1.82) is 0 Å². The molecule has 1 aliphatic heterocycles. The van der Waals surface area contributed by atoms with E-state index in [0.717, 1.165) is 25.7 Å². The molecule has 3 N–H and O–H groups in total. The Morgan fingerprint density at radius 3 is 2.83 bits per heavy atom. The van der Waals surface area contributed by atoms with Crippen molar-refractivity contribution in [3.63, 3.8) is 0 Å². The summed E-state index contributed by atoms with van der Waals surface area (Å²) in [6, 6.07) is 0.0927. The van der Waals surface area contributed by atoms with Crippen molar-refractivity contribution in [2.24, 2.45) is 5.73 Å². The van der Waals surface area contributed by atoms with Crippen molar-refractivity contribution in [1.82, 2.24) is 10.2 Å². The van der Waals surface area contributed by atoms with E-state index in [2.05, 4.69) is 5.32 Å². The molecule has 6 heteroatoms. The number of hydrogen-bond acceptors (Lipinski definition) is 3. The fraction of sp³-hybridized carbons (Fsp3) is 0.833. The van der Waals surface area contributed by atoms with Gasteiger partial charge in [-0.2, -0.15) is 0 Å². The third-order valence-corrected chi connectivity index (χ3v) is 2.93. The predicted molar refractivity (Wildman–Crippen MR) is 73.6 cm³/mol. The van der Waals surface area contributed by atoms with Gasteiger partial charge < -0.3 is 16.0 Å². The summed E-state index contributed by atoms with van der Waals surface area (Å²) < 4.78 is 0. The van der Waals surface area contributed by atoms with Crippen LogP contribution in [0.1, 0.15) is 39.0 Å². The van der Waals surface area contributed by atoms with Crippen LogP contribution in [0.3, 0.4) is 0 Å². The van der Waals surface area contributed by atoms with Gasteiger partial charge in [-0.25, -0.2) is 0 Å². The van der Waals surface area contributed by atoms with E-state index in [1.807, 2.05) is 6.92 Å². The van der Waals surface area contributed by atoms with Crippen LogP contribution in [0.25, 0.3) is 0 Å². The van der Waals surface area contributed by atoms with E-state index < -0.39 is 0 Å². The molecule has 18 heavy (non-hydrogen) atoms. The van der Waals surface area contributed by atoms with Crippen LogP contribution in [-0.2, 0) is 9.59 Å². The molecule has 1 fully saturated rings. The summed E-state index contributed by atoms with van der Waals surface area (Å²) in [6.45, 7) is 3.39. The Balaban J connectivity index is 0.00000289. The van der Waals surface area contributed by atoms with Crippen LogP contribution >= 0.6 is 12.4 Å². The van der Waals surface area contributed by atoms with Crippen LogP contribution in [0.15, 0.2) is 0 Å². The number of nitrogens with one attached hydrogen (secondary N) is 1. The smallest absolute Gasteiger partial charge is 0.239 e. The fourth-order valence-electron chi connectivity index (χ4n) is 1.87. The molecule has 5 nitrogen and oxygen atoms in total. The first kappa shape index (κ1) is 17.2. The molecule has 0 aromatic rings. The number of nitrogens with zero attached hydrogens (tertiary/aromatic N) is 1. The minimum absolute atomic E-state index is 0. The average Bonchev–Trinajstić information content (AvgIpc) is 2.44. The Kier molecular flexibility index (Phi) is 8.75. The van der Waals surface area contributed by atoms with Gasteiger partial charge in [-0.1, -0.05) is 6.42 Å². The number of amides is 2. The number of carbonyl (C=O) groups excluding carboxylic acids is 2. The summed E-state index contributed by atoms with van der Waals surface area (Å²) in [5.74, 6) is 0.0192. The van der Waals surface area contributed by atoms with Crippen molar-refractivity contribution < 1.29 is 9.59 Å². The molecule has 0 aromatic carbocycles. The summed E-state index contributed by atoms with van der Waals surface area (Å²) in [6.07, 6.45) is 4.36. The second kappa shape index (κ2) is 9.16. The Labute approximate surface area is 115 Å². The first-order valence-corrected chi connectivity index (χ1v) is 6.39. The number of rotatable bonds is 5. The van der Waals surface area contributed by atoms with Gasteiger partial charge in [-0.05, 0) is 26.2 Å². The van der Waals surface area contributed by atoms with E-state index in [9.17, 15) is 9.59 Å². The maximum Gasteiger partial charge on any atom is 0.239 e. The van der Waals surface area contributed by atoms with E-state index in [4.69, 9.17) is 5.73 Å². The highest BCUT2D eigenvalue weighted by atomic mass is 35.5. The second-order valence-electron chi connectivity index (χ2n) is 4.74. The van der Waals surface area contributed by atoms with E-state index >= 15 is 0 Å². The predicted octanol–water partition coefficient (Wildman–Crippen LogP) is 0.664. The molecule has 1 rings (SSSR count). The SMILES string of the molecule is CC(N)CCNC(=O)CN1CCCCCC1=O.Cl. The van der Waals surface area contributed by atoms with Crippen molar-refractivity contribution >= 4 is 24.2 Å². The monoisotopic (exact) mass is 277 g/mol. The van der Waals surface area contributed by atoms with Gasteiger partial charge in [0.1, 0.15) is 0 Å². The maximum absolute atomic E-state index is 11.7. The first-order valence-electron chi connectivity index (χ1n) is 6.39. The third kappa shape index (κ3) is 6.81. The molecular weight excluding hydrogens is 254 g/mol. The van der Waals surface area contributed by atoms with Crippen LogP contribution < -0.4 is 11.1 Å². The van der Waals surface area contributed by atoms with Gasteiger partial charge in [0, 0.05) is 25.6 Å². The number of hydrogen-bond donors (Lipinski definition) is 2. The minimum Gasteiger partial charge on any atom is -0.355 e. The van der Waals surface area contributed by atoms with Gasteiger partial charge >= 0.3 is 0 Å². The van der Waals surface area contributed by atoms with E-state index in [-0.39, 0.29) is 36.8 Å². The maximum atomic E-state index is 11.7. The fourth-order valence-corrected chi connectivity index (χ4v) is 1.87. The second-order valence-corrected chi connectivity index (χ2v) is 4.74. The lowest BCUT2D eigenvalue weighted by Gasteiger charge is -2.19. The molecule has 0 aromatic heterocycles. The van der Waals surface area contributed by atoms with E-state index in [1.54, 1.807) is 4.90 Å². The van der Waals surface area contributed by atoms with Gasteiger partial charge in [-0.3, -0.25) is 9.59 Å². The molecule has 2 amide bonds. The Morgan fingerprint density at radius 1 is 1.44 bits per heavy atom. The van der Waals surface area contributed by atoms with Crippen LogP contribution in [0.4, 0.5) is 0 Å². The van der Waals surface area contributed by atoms with E-state index in [0.29, 0.717) is 19.5 Å². The number of likely N-dealkylation sites (tertiary alicyclic amines) is 1. The lowest BCUT2D eigenvalue weighted by Crippen LogP contribution is -2.41. The van der Waals surface area contributed by atoms with Crippen LogP contribution in [0, 0.1) is 0 Å². The highest BCUT2D eigenvalue weighted by molar-refractivity contribution is 5.85. The van der Waals surface area contributed by atoms with Gasteiger partial charge in [0.2, 0.25) is 11.8 Å². The molecule has 1 unspecified atom stereocenters. The molecule has 1 aliphatic rings. The largest absolute Gasteiger partial charge is 0.355 e. The van der Waals surface area contributed by atoms with Crippen LogP contribution in [0.2, 0.25) is 0 Å². The average molecular weight is 278 g/mol. The summed E-state index contributed by atoms with van der Waals surface area (Å²) in [5.41, 5.74) is 5.59. The highest BCUT2D eigenvalue weighted by Gasteiger charge is 2.18. The zero-order chi connectivity index (χ0) is 12.7. The summed E-state index contributed by atoms with van der Waals surface area (Å²) in [5, 5.41) is 2.79. The summed E-state index contributed by atoms with van der Waals surface area (Å²) in [4.78, 5) is 24.9. The zero-order valence-electron chi connectivity index (χ0n) is 11.0. The van der Waals surface area contributed by atoms with Crippen molar-refractivity contribution in [3.05, 3.63) is 0 Å². The molecule has 1 heterocycles. The van der Waals surface area contributed by atoms with Gasteiger partial charge in [0.15, 0.2) is 0 Å². The van der Waals surface area contributed by atoms with E-state index in [1.165, 1.54) is 0 Å². The molecule has 0 bridgehead atoms. The molecule has 1 atom stereocenters. The van der Waals surface area contributed by atoms with Crippen molar-refractivity contribution in [2.45, 2.75) is 45.1 Å². The molecule has 0 radical (unpaired) electrons. The quantitative estimate of drug-likeness (QED) is 0.775. The number of carbonyl (C=O) groups is 2.